The van der Waals surface area contributed by atoms with Crippen LogP contribution in [0.1, 0.15) is 37.8 Å². The van der Waals surface area contributed by atoms with Gasteiger partial charge in [-0.05, 0) is 56.2 Å². The summed E-state index contributed by atoms with van der Waals surface area (Å²) in [6.07, 6.45) is 7.64. The van der Waals surface area contributed by atoms with Crippen LogP contribution in [0, 0.1) is 11.3 Å². The molecular weight excluding hydrogens is 314 g/mol. The molecule has 0 bridgehead atoms. The fraction of sp³-hybridized carbons (Fsp3) is 0.700. The second-order valence-corrected chi connectivity index (χ2v) is 8.02. The molecule has 1 unspecified atom stereocenters. The number of nitrogens with zero attached hydrogens (tertiary/aromatic N) is 3. The second-order valence-electron chi connectivity index (χ2n) is 8.02. The molecule has 1 aromatic heterocycles. The molecule has 25 heavy (non-hydrogen) atoms. The van der Waals surface area contributed by atoms with Gasteiger partial charge in [-0.15, -0.1) is 0 Å². The first kappa shape index (κ1) is 17.0. The standard InChI is InChI=1S/C20H29N3O2/c24-19(17-5-13-25-15-17)23-11-7-20(8-12-23)6-3-10-22(16-20)14-18-4-1-2-9-21-18/h1-2,4,9,17H,3,5-8,10-16H2. The van der Waals surface area contributed by atoms with Crippen molar-refractivity contribution in [2.45, 2.75) is 38.6 Å². The number of piperidine rings is 2. The average Bonchev–Trinajstić information content (AvgIpc) is 3.18. The predicted octanol–water partition coefficient (Wildman–Crippen LogP) is 2.32. The van der Waals surface area contributed by atoms with Gasteiger partial charge in [0.05, 0.1) is 18.2 Å². The molecule has 0 N–H and O–H groups in total. The Balaban J connectivity index is 1.33. The third-order valence-electron chi connectivity index (χ3n) is 6.27. The van der Waals surface area contributed by atoms with E-state index in [-0.39, 0.29) is 5.92 Å². The summed E-state index contributed by atoms with van der Waals surface area (Å²) in [5.41, 5.74) is 1.56. The lowest BCUT2D eigenvalue weighted by atomic mass is 9.72. The van der Waals surface area contributed by atoms with Gasteiger partial charge in [0.1, 0.15) is 0 Å². The summed E-state index contributed by atoms with van der Waals surface area (Å²) < 4.78 is 5.39. The van der Waals surface area contributed by atoms with Crippen molar-refractivity contribution in [1.29, 1.82) is 0 Å². The summed E-state index contributed by atoms with van der Waals surface area (Å²) in [6, 6.07) is 6.16. The van der Waals surface area contributed by atoms with Crippen LogP contribution in [-0.2, 0) is 16.1 Å². The molecule has 1 amide bonds. The zero-order valence-corrected chi connectivity index (χ0v) is 15.0. The summed E-state index contributed by atoms with van der Waals surface area (Å²) in [6.45, 7) is 6.48. The van der Waals surface area contributed by atoms with Crippen LogP contribution in [0.25, 0.3) is 0 Å². The number of pyridine rings is 1. The lowest BCUT2D eigenvalue weighted by molar-refractivity contribution is -0.138. The maximum atomic E-state index is 12.6. The smallest absolute Gasteiger partial charge is 0.228 e. The van der Waals surface area contributed by atoms with Gasteiger partial charge in [0.15, 0.2) is 0 Å². The quantitative estimate of drug-likeness (QED) is 0.845. The van der Waals surface area contributed by atoms with Gasteiger partial charge in [0, 0.05) is 39.0 Å². The number of likely N-dealkylation sites (tertiary alicyclic amines) is 2. The molecule has 4 heterocycles. The highest BCUT2D eigenvalue weighted by atomic mass is 16.5. The number of hydrogen-bond donors (Lipinski definition) is 0. The summed E-state index contributed by atoms with van der Waals surface area (Å²) in [4.78, 5) is 21.7. The minimum Gasteiger partial charge on any atom is -0.381 e. The number of hydrogen-bond acceptors (Lipinski definition) is 4. The van der Waals surface area contributed by atoms with Gasteiger partial charge in [-0.1, -0.05) is 6.07 Å². The molecular formula is C20H29N3O2. The van der Waals surface area contributed by atoms with Crippen LogP contribution in [0.4, 0.5) is 0 Å². The number of rotatable bonds is 3. The van der Waals surface area contributed by atoms with E-state index in [1.54, 1.807) is 0 Å². The van der Waals surface area contributed by atoms with Crippen molar-refractivity contribution in [2.75, 3.05) is 39.4 Å². The van der Waals surface area contributed by atoms with Crippen LogP contribution in [0.2, 0.25) is 0 Å². The van der Waals surface area contributed by atoms with Crippen LogP contribution in [0.5, 0.6) is 0 Å². The molecule has 3 fully saturated rings. The maximum Gasteiger partial charge on any atom is 0.228 e. The molecule has 5 nitrogen and oxygen atoms in total. The van der Waals surface area contributed by atoms with Crippen LogP contribution in [-0.4, -0.2) is 60.1 Å². The first-order chi connectivity index (χ1) is 12.2. The Morgan fingerprint density at radius 2 is 2.12 bits per heavy atom. The SMILES string of the molecule is O=C(C1CCOC1)N1CCC2(CCCN(Cc3ccccn3)C2)CC1. The Labute approximate surface area is 150 Å². The largest absolute Gasteiger partial charge is 0.381 e. The maximum absolute atomic E-state index is 12.6. The number of aromatic nitrogens is 1. The van der Waals surface area contributed by atoms with E-state index in [1.165, 1.54) is 19.4 Å². The Morgan fingerprint density at radius 3 is 2.84 bits per heavy atom. The third kappa shape index (κ3) is 3.87. The Bertz CT molecular complexity index is 578. The molecule has 3 aliphatic rings. The minimum absolute atomic E-state index is 0.112. The molecule has 1 aromatic rings. The van der Waals surface area contributed by atoms with Gasteiger partial charge in [0.25, 0.3) is 0 Å². The molecule has 3 aliphatic heterocycles. The van der Waals surface area contributed by atoms with Crippen molar-refractivity contribution in [1.82, 2.24) is 14.8 Å². The van der Waals surface area contributed by atoms with Gasteiger partial charge >= 0.3 is 0 Å². The fourth-order valence-electron chi connectivity index (χ4n) is 4.76. The highest BCUT2D eigenvalue weighted by Crippen LogP contribution is 2.40. The van der Waals surface area contributed by atoms with Crippen molar-refractivity contribution in [2.24, 2.45) is 11.3 Å². The molecule has 0 aromatic carbocycles. The third-order valence-corrected chi connectivity index (χ3v) is 6.27. The van der Waals surface area contributed by atoms with E-state index in [2.05, 4.69) is 26.9 Å². The molecule has 136 valence electrons. The van der Waals surface area contributed by atoms with Crippen molar-refractivity contribution < 1.29 is 9.53 Å². The molecule has 4 rings (SSSR count). The van der Waals surface area contributed by atoms with Crippen molar-refractivity contribution >= 4 is 5.91 Å². The fourth-order valence-corrected chi connectivity index (χ4v) is 4.76. The first-order valence-electron chi connectivity index (χ1n) is 9.73. The highest BCUT2D eigenvalue weighted by molar-refractivity contribution is 5.79. The van der Waals surface area contributed by atoms with E-state index in [4.69, 9.17) is 4.74 Å². The summed E-state index contributed by atoms with van der Waals surface area (Å²) in [5, 5.41) is 0. The topological polar surface area (TPSA) is 45.7 Å². The van der Waals surface area contributed by atoms with E-state index >= 15 is 0 Å². The van der Waals surface area contributed by atoms with E-state index in [9.17, 15) is 4.79 Å². The predicted molar refractivity (Wildman–Crippen MR) is 95.9 cm³/mol. The normalized spacial score (nSPS) is 26.9. The summed E-state index contributed by atoms with van der Waals surface area (Å²) in [7, 11) is 0. The van der Waals surface area contributed by atoms with Crippen molar-refractivity contribution in [3.05, 3.63) is 30.1 Å². The highest BCUT2D eigenvalue weighted by Gasteiger charge is 2.40. The minimum atomic E-state index is 0.112. The molecule has 1 atom stereocenters. The number of ether oxygens (including phenoxy) is 1. The first-order valence-corrected chi connectivity index (χ1v) is 9.73. The van der Waals surface area contributed by atoms with Crippen molar-refractivity contribution in [3.8, 4) is 0 Å². The molecule has 0 saturated carbocycles. The lowest BCUT2D eigenvalue weighted by Gasteiger charge is -2.48. The number of carbonyl (C=O) groups excluding carboxylic acids is 1. The average molecular weight is 343 g/mol. The number of carbonyl (C=O) groups is 1. The van der Waals surface area contributed by atoms with E-state index in [1.807, 2.05) is 12.3 Å². The van der Waals surface area contributed by atoms with E-state index in [0.29, 0.717) is 17.9 Å². The van der Waals surface area contributed by atoms with Crippen LogP contribution in [0.3, 0.4) is 0 Å². The zero-order valence-electron chi connectivity index (χ0n) is 15.0. The van der Waals surface area contributed by atoms with E-state index < -0.39 is 0 Å². The van der Waals surface area contributed by atoms with Crippen LogP contribution in [0.15, 0.2) is 24.4 Å². The molecule has 0 radical (unpaired) electrons. The van der Waals surface area contributed by atoms with Gasteiger partial charge in [-0.2, -0.15) is 0 Å². The Kier molecular flexibility index (Phi) is 5.04. The summed E-state index contributed by atoms with van der Waals surface area (Å²) in [5.74, 6) is 0.439. The monoisotopic (exact) mass is 343 g/mol. The number of amides is 1. The molecule has 3 saturated heterocycles. The molecule has 5 heteroatoms. The second kappa shape index (κ2) is 7.42. The van der Waals surface area contributed by atoms with Crippen LogP contribution >= 0.6 is 0 Å². The van der Waals surface area contributed by atoms with Gasteiger partial charge in [-0.3, -0.25) is 14.7 Å². The van der Waals surface area contributed by atoms with Crippen molar-refractivity contribution in [3.63, 3.8) is 0 Å². The molecule has 0 aliphatic carbocycles. The Morgan fingerprint density at radius 1 is 1.24 bits per heavy atom. The van der Waals surface area contributed by atoms with E-state index in [0.717, 1.165) is 57.7 Å². The molecule has 1 spiro atoms. The van der Waals surface area contributed by atoms with Crippen LogP contribution < -0.4 is 0 Å². The van der Waals surface area contributed by atoms with Gasteiger partial charge in [-0.25, -0.2) is 0 Å². The van der Waals surface area contributed by atoms with Gasteiger partial charge < -0.3 is 9.64 Å². The van der Waals surface area contributed by atoms with Gasteiger partial charge in [0.2, 0.25) is 5.91 Å². The zero-order chi connectivity index (χ0) is 17.1. The summed E-state index contributed by atoms with van der Waals surface area (Å²) >= 11 is 0. The Hall–Kier alpha value is -1.46. The lowest BCUT2D eigenvalue weighted by Crippen LogP contribution is -2.51.